The van der Waals surface area contributed by atoms with E-state index in [1.807, 2.05) is 0 Å². The molecule has 9 heteroatoms. The van der Waals surface area contributed by atoms with Crippen LogP contribution in [0.15, 0.2) is 36.4 Å². The number of alkyl halides is 3. The maximum atomic E-state index is 14.7. The number of halogens is 4. The lowest BCUT2D eigenvalue weighted by molar-refractivity contribution is -0.179. The Morgan fingerprint density at radius 2 is 1.83 bits per heavy atom. The highest BCUT2D eigenvalue weighted by molar-refractivity contribution is 5.97. The summed E-state index contributed by atoms with van der Waals surface area (Å²) >= 11 is 0. The molecule has 0 atom stereocenters. The highest BCUT2D eigenvalue weighted by Gasteiger charge is 2.41. The molecule has 0 spiro atoms. The zero-order valence-corrected chi connectivity index (χ0v) is 16.3. The fraction of sp³-hybridized carbons (Fsp3) is 0.381. The zero-order valence-electron chi connectivity index (χ0n) is 16.3. The maximum absolute atomic E-state index is 14.7. The SMILES string of the molecule is CN1C(=O)COc2cc(Nc3ccc(N4CCC(C(F)(F)F)CC4)cc3F)ccc21. The second-order valence-electron chi connectivity index (χ2n) is 7.52. The van der Waals surface area contributed by atoms with Gasteiger partial charge in [0.15, 0.2) is 6.61 Å². The summed E-state index contributed by atoms with van der Waals surface area (Å²) in [5, 5.41) is 2.98. The molecule has 0 saturated carbocycles. The van der Waals surface area contributed by atoms with Crippen LogP contribution in [0.25, 0.3) is 0 Å². The Balaban J connectivity index is 1.45. The first-order chi connectivity index (χ1) is 14.2. The Morgan fingerprint density at radius 3 is 2.50 bits per heavy atom. The third-order valence-electron chi connectivity index (χ3n) is 5.60. The first-order valence-electron chi connectivity index (χ1n) is 9.64. The van der Waals surface area contributed by atoms with E-state index in [9.17, 15) is 22.4 Å². The summed E-state index contributed by atoms with van der Waals surface area (Å²) in [5.41, 5.74) is 2.03. The molecular weight excluding hydrogens is 402 g/mol. The van der Waals surface area contributed by atoms with E-state index >= 15 is 0 Å². The van der Waals surface area contributed by atoms with E-state index in [2.05, 4.69) is 5.32 Å². The van der Waals surface area contributed by atoms with E-state index in [0.717, 1.165) is 0 Å². The van der Waals surface area contributed by atoms with Crippen LogP contribution in [-0.4, -0.2) is 38.8 Å². The Kier molecular flexibility index (Phi) is 5.21. The van der Waals surface area contributed by atoms with Gasteiger partial charge in [-0.15, -0.1) is 0 Å². The summed E-state index contributed by atoms with van der Waals surface area (Å²) in [6.45, 7) is 0.427. The van der Waals surface area contributed by atoms with Gasteiger partial charge in [-0.05, 0) is 43.2 Å². The molecule has 0 aromatic heterocycles. The van der Waals surface area contributed by atoms with Crippen molar-refractivity contribution in [2.45, 2.75) is 19.0 Å². The van der Waals surface area contributed by atoms with E-state index < -0.39 is 17.9 Å². The molecule has 1 saturated heterocycles. The van der Waals surface area contributed by atoms with Crippen molar-refractivity contribution in [3.05, 3.63) is 42.2 Å². The van der Waals surface area contributed by atoms with Crippen molar-refractivity contribution >= 4 is 28.7 Å². The summed E-state index contributed by atoms with van der Waals surface area (Å²) in [5.74, 6) is -1.42. The number of benzene rings is 2. The monoisotopic (exact) mass is 423 g/mol. The molecule has 0 unspecified atom stereocenters. The minimum Gasteiger partial charge on any atom is -0.481 e. The number of hydrogen-bond donors (Lipinski definition) is 1. The van der Waals surface area contributed by atoms with Gasteiger partial charge in [0.05, 0.1) is 17.3 Å². The molecule has 0 aliphatic carbocycles. The largest absolute Gasteiger partial charge is 0.481 e. The number of likely N-dealkylation sites (N-methyl/N-ethyl adjacent to an activating group) is 1. The van der Waals surface area contributed by atoms with Gasteiger partial charge >= 0.3 is 6.18 Å². The highest BCUT2D eigenvalue weighted by Crippen LogP contribution is 2.37. The predicted molar refractivity (Wildman–Crippen MR) is 106 cm³/mol. The van der Waals surface area contributed by atoms with Crippen molar-refractivity contribution in [2.75, 3.05) is 41.9 Å². The summed E-state index contributed by atoms with van der Waals surface area (Å²) in [6, 6.07) is 9.71. The Morgan fingerprint density at radius 1 is 1.10 bits per heavy atom. The van der Waals surface area contributed by atoms with Crippen LogP contribution >= 0.6 is 0 Å². The van der Waals surface area contributed by atoms with E-state index in [1.54, 1.807) is 42.3 Å². The molecule has 2 aliphatic heterocycles. The second-order valence-corrected chi connectivity index (χ2v) is 7.52. The van der Waals surface area contributed by atoms with Gasteiger partial charge in [-0.25, -0.2) is 4.39 Å². The molecule has 0 radical (unpaired) electrons. The Bertz CT molecular complexity index is 956. The molecule has 2 aliphatic rings. The van der Waals surface area contributed by atoms with Crippen molar-refractivity contribution < 1.29 is 27.1 Å². The van der Waals surface area contributed by atoms with Crippen LogP contribution in [0, 0.1) is 11.7 Å². The third kappa shape index (κ3) is 4.01. The number of rotatable bonds is 3. The normalized spacial score (nSPS) is 17.6. The van der Waals surface area contributed by atoms with Crippen molar-refractivity contribution in [3.63, 3.8) is 0 Å². The second kappa shape index (κ2) is 7.70. The number of carbonyl (C=O) groups is 1. The first kappa shape index (κ1) is 20.3. The van der Waals surface area contributed by atoms with Gasteiger partial charge in [0.25, 0.3) is 5.91 Å². The smallest absolute Gasteiger partial charge is 0.391 e. The molecule has 1 amide bonds. The number of anilines is 4. The van der Waals surface area contributed by atoms with Crippen molar-refractivity contribution in [1.82, 2.24) is 0 Å². The molecule has 160 valence electrons. The van der Waals surface area contributed by atoms with Crippen molar-refractivity contribution in [1.29, 1.82) is 0 Å². The molecule has 4 rings (SSSR count). The lowest BCUT2D eigenvalue weighted by Crippen LogP contribution is -2.39. The van der Waals surface area contributed by atoms with Crippen LogP contribution in [0.4, 0.5) is 40.3 Å². The Hall–Kier alpha value is -2.97. The quantitative estimate of drug-likeness (QED) is 0.727. The van der Waals surface area contributed by atoms with E-state index in [0.29, 0.717) is 22.8 Å². The van der Waals surface area contributed by atoms with E-state index in [1.165, 1.54) is 11.0 Å². The minimum atomic E-state index is -4.17. The number of nitrogens with zero attached hydrogens (tertiary/aromatic N) is 2. The fourth-order valence-electron chi connectivity index (χ4n) is 3.78. The summed E-state index contributed by atoms with van der Waals surface area (Å²) in [7, 11) is 1.66. The molecule has 1 fully saturated rings. The average molecular weight is 423 g/mol. The molecule has 2 aromatic rings. The molecule has 0 bridgehead atoms. The first-order valence-corrected chi connectivity index (χ1v) is 9.64. The molecular formula is C21H21F4N3O2. The number of amides is 1. The van der Waals surface area contributed by atoms with Gasteiger partial charge < -0.3 is 19.9 Å². The minimum absolute atomic E-state index is 0.0111. The van der Waals surface area contributed by atoms with Gasteiger partial charge in [-0.3, -0.25) is 4.79 Å². The van der Waals surface area contributed by atoms with Gasteiger partial charge in [-0.1, -0.05) is 0 Å². The van der Waals surface area contributed by atoms with Crippen molar-refractivity contribution in [2.24, 2.45) is 5.92 Å². The van der Waals surface area contributed by atoms with Crippen LogP contribution in [0.3, 0.4) is 0 Å². The summed E-state index contributed by atoms with van der Waals surface area (Å²) in [6.07, 6.45) is -4.15. The van der Waals surface area contributed by atoms with Gasteiger partial charge in [0.2, 0.25) is 0 Å². The van der Waals surface area contributed by atoms with E-state index in [-0.39, 0.29) is 44.1 Å². The average Bonchev–Trinajstić information content (AvgIpc) is 2.72. The van der Waals surface area contributed by atoms with Crippen LogP contribution in [0.5, 0.6) is 5.75 Å². The predicted octanol–water partition coefficient (Wildman–Crippen LogP) is 4.70. The number of piperidine rings is 1. The molecule has 2 heterocycles. The van der Waals surface area contributed by atoms with E-state index in [4.69, 9.17) is 4.74 Å². The van der Waals surface area contributed by atoms with Gasteiger partial charge in [0.1, 0.15) is 11.6 Å². The van der Waals surface area contributed by atoms with Gasteiger partial charge in [-0.2, -0.15) is 13.2 Å². The lowest BCUT2D eigenvalue weighted by atomic mass is 9.96. The third-order valence-corrected chi connectivity index (χ3v) is 5.60. The van der Waals surface area contributed by atoms with Crippen LogP contribution in [0.1, 0.15) is 12.8 Å². The zero-order chi connectivity index (χ0) is 21.5. The lowest BCUT2D eigenvalue weighted by Gasteiger charge is -2.34. The number of carbonyl (C=O) groups excluding carboxylic acids is 1. The molecule has 5 nitrogen and oxygen atoms in total. The number of ether oxygens (including phenoxy) is 1. The Labute approximate surface area is 171 Å². The van der Waals surface area contributed by atoms with Crippen molar-refractivity contribution in [3.8, 4) is 5.75 Å². The van der Waals surface area contributed by atoms with Gasteiger partial charge in [0, 0.05) is 37.6 Å². The number of fused-ring (bicyclic) bond motifs is 1. The standard InChI is InChI=1S/C21H21F4N3O2/c1-27-18-5-2-14(10-19(18)30-12-20(27)29)26-17-4-3-15(11-16(17)22)28-8-6-13(7-9-28)21(23,24)25/h2-5,10-11,13,26H,6-9,12H2,1H3. The van der Waals surface area contributed by atoms with Crippen LogP contribution < -0.4 is 19.9 Å². The topological polar surface area (TPSA) is 44.8 Å². The number of hydrogen-bond acceptors (Lipinski definition) is 4. The molecule has 30 heavy (non-hydrogen) atoms. The molecule has 1 N–H and O–H groups in total. The fourth-order valence-corrected chi connectivity index (χ4v) is 3.78. The maximum Gasteiger partial charge on any atom is 0.391 e. The molecule has 2 aromatic carbocycles. The summed E-state index contributed by atoms with van der Waals surface area (Å²) in [4.78, 5) is 15.0. The highest BCUT2D eigenvalue weighted by atomic mass is 19.4. The van der Waals surface area contributed by atoms with Crippen LogP contribution in [-0.2, 0) is 4.79 Å². The van der Waals surface area contributed by atoms with Crippen LogP contribution in [0.2, 0.25) is 0 Å². The summed E-state index contributed by atoms with van der Waals surface area (Å²) < 4.78 is 58.6. The number of nitrogens with one attached hydrogen (secondary N) is 1.